The average molecular weight is 334 g/mol. The van der Waals surface area contributed by atoms with Crippen molar-refractivity contribution in [2.45, 2.75) is 6.54 Å². The van der Waals surface area contributed by atoms with Crippen LogP contribution >= 0.6 is 0 Å². The minimum absolute atomic E-state index is 0.158. The average Bonchev–Trinajstić information content (AvgIpc) is 2.68. The van der Waals surface area contributed by atoms with Crippen LogP contribution < -0.4 is 14.8 Å². The number of hydrogen-bond donors (Lipinski definition) is 1. The molecule has 0 aliphatic rings. The van der Waals surface area contributed by atoms with E-state index >= 15 is 0 Å². The molecule has 0 saturated carbocycles. The van der Waals surface area contributed by atoms with E-state index in [2.05, 4.69) is 10.3 Å². The minimum Gasteiger partial charge on any atom is -0.497 e. The fourth-order valence-corrected chi connectivity index (χ4v) is 2.28. The third-order valence-electron chi connectivity index (χ3n) is 3.57. The van der Waals surface area contributed by atoms with Crippen molar-refractivity contribution in [3.05, 3.63) is 84.2 Å². The van der Waals surface area contributed by atoms with Crippen molar-refractivity contribution in [1.29, 1.82) is 0 Å². The van der Waals surface area contributed by atoms with Crippen molar-refractivity contribution in [3.8, 4) is 17.2 Å². The molecule has 1 N–H and O–H groups in total. The molecule has 0 saturated heterocycles. The lowest BCUT2D eigenvalue weighted by atomic mass is 10.2. The Morgan fingerprint density at radius 2 is 1.80 bits per heavy atom. The summed E-state index contributed by atoms with van der Waals surface area (Å²) in [5.41, 5.74) is 1.48. The maximum absolute atomic E-state index is 12.1. The van der Waals surface area contributed by atoms with Crippen LogP contribution in [0.15, 0.2) is 73.1 Å². The first-order valence-electron chi connectivity index (χ1n) is 7.84. The van der Waals surface area contributed by atoms with E-state index in [-0.39, 0.29) is 5.91 Å². The number of hydrogen-bond acceptors (Lipinski definition) is 4. The maximum Gasteiger partial charge on any atom is 0.253 e. The number of aromatic nitrogens is 1. The van der Waals surface area contributed by atoms with Crippen molar-refractivity contribution in [1.82, 2.24) is 10.3 Å². The second-order valence-corrected chi connectivity index (χ2v) is 5.35. The molecule has 0 unspecified atom stereocenters. The van der Waals surface area contributed by atoms with E-state index in [1.165, 1.54) is 0 Å². The molecule has 126 valence electrons. The second-order valence-electron chi connectivity index (χ2n) is 5.35. The first kappa shape index (κ1) is 16.5. The highest BCUT2D eigenvalue weighted by Gasteiger charge is 2.05. The van der Waals surface area contributed by atoms with Gasteiger partial charge in [0.15, 0.2) is 0 Å². The van der Waals surface area contributed by atoms with E-state index in [1.807, 2.05) is 48.5 Å². The van der Waals surface area contributed by atoms with Gasteiger partial charge in [-0.25, -0.2) is 0 Å². The standard InChI is InChI=1S/C20H18N2O3/c1-24-17-7-9-18(10-8-17)25-19-6-2-4-15(12-19)13-22-20(23)16-5-3-11-21-14-16/h2-12,14H,13H2,1H3,(H,22,23). The number of amides is 1. The quantitative estimate of drug-likeness (QED) is 0.744. The zero-order valence-electron chi connectivity index (χ0n) is 13.8. The van der Waals surface area contributed by atoms with Crippen LogP contribution in [0.3, 0.4) is 0 Å². The molecule has 0 atom stereocenters. The predicted molar refractivity (Wildman–Crippen MR) is 94.9 cm³/mol. The van der Waals surface area contributed by atoms with Gasteiger partial charge in [-0.2, -0.15) is 0 Å². The molecule has 0 spiro atoms. The number of carbonyl (C=O) groups excluding carboxylic acids is 1. The smallest absolute Gasteiger partial charge is 0.253 e. The number of ether oxygens (including phenoxy) is 2. The Morgan fingerprint density at radius 1 is 1.00 bits per heavy atom. The number of nitrogens with one attached hydrogen (secondary N) is 1. The maximum atomic E-state index is 12.1. The number of methoxy groups -OCH3 is 1. The topological polar surface area (TPSA) is 60.5 Å². The number of pyridine rings is 1. The number of rotatable bonds is 6. The van der Waals surface area contributed by atoms with Crippen LogP contribution in [-0.2, 0) is 6.54 Å². The molecule has 3 rings (SSSR count). The van der Waals surface area contributed by atoms with Gasteiger partial charge in [0.1, 0.15) is 17.2 Å². The molecular weight excluding hydrogens is 316 g/mol. The number of benzene rings is 2. The van der Waals surface area contributed by atoms with Crippen molar-refractivity contribution >= 4 is 5.91 Å². The lowest BCUT2D eigenvalue weighted by Gasteiger charge is -2.09. The molecule has 0 radical (unpaired) electrons. The molecule has 1 aromatic heterocycles. The third-order valence-corrected chi connectivity index (χ3v) is 3.57. The van der Waals surface area contributed by atoms with E-state index in [0.29, 0.717) is 17.9 Å². The van der Waals surface area contributed by atoms with E-state index in [0.717, 1.165) is 17.1 Å². The van der Waals surface area contributed by atoms with Gasteiger partial charge in [0.2, 0.25) is 0 Å². The highest BCUT2D eigenvalue weighted by Crippen LogP contribution is 2.24. The van der Waals surface area contributed by atoms with Gasteiger partial charge >= 0.3 is 0 Å². The van der Waals surface area contributed by atoms with Gasteiger partial charge in [-0.1, -0.05) is 12.1 Å². The van der Waals surface area contributed by atoms with Crippen LogP contribution in [0.4, 0.5) is 0 Å². The van der Waals surface area contributed by atoms with Crippen LogP contribution in [0.1, 0.15) is 15.9 Å². The van der Waals surface area contributed by atoms with Crippen LogP contribution in [0.2, 0.25) is 0 Å². The summed E-state index contributed by atoms with van der Waals surface area (Å²) in [7, 11) is 1.62. The Balaban J connectivity index is 1.62. The Bertz CT molecular complexity index is 833. The highest BCUT2D eigenvalue weighted by molar-refractivity contribution is 5.93. The monoisotopic (exact) mass is 334 g/mol. The van der Waals surface area contributed by atoms with Crippen molar-refractivity contribution in [2.24, 2.45) is 0 Å². The molecule has 0 bridgehead atoms. The molecule has 0 aliphatic carbocycles. The molecule has 1 amide bonds. The summed E-state index contributed by atoms with van der Waals surface area (Å²) in [5.74, 6) is 2.05. The molecule has 1 heterocycles. The van der Waals surface area contributed by atoms with Crippen LogP contribution in [0.5, 0.6) is 17.2 Å². The minimum atomic E-state index is -0.158. The number of carbonyl (C=O) groups is 1. The summed E-state index contributed by atoms with van der Waals surface area (Å²) >= 11 is 0. The summed E-state index contributed by atoms with van der Waals surface area (Å²) in [6, 6.07) is 18.4. The summed E-state index contributed by atoms with van der Waals surface area (Å²) in [6.45, 7) is 0.410. The van der Waals surface area contributed by atoms with Gasteiger partial charge in [-0.15, -0.1) is 0 Å². The molecule has 0 aliphatic heterocycles. The fraction of sp³-hybridized carbons (Fsp3) is 0.100. The largest absolute Gasteiger partial charge is 0.497 e. The normalized spacial score (nSPS) is 10.1. The molecule has 5 heteroatoms. The molecule has 25 heavy (non-hydrogen) atoms. The Kier molecular flexibility index (Phi) is 5.26. The SMILES string of the molecule is COc1ccc(Oc2cccc(CNC(=O)c3cccnc3)c2)cc1. The van der Waals surface area contributed by atoms with Crippen LogP contribution in [-0.4, -0.2) is 18.0 Å². The molecule has 5 nitrogen and oxygen atoms in total. The summed E-state index contributed by atoms with van der Waals surface area (Å²) in [6.07, 6.45) is 3.18. The Hall–Kier alpha value is -3.34. The Labute approximate surface area is 146 Å². The molecule has 0 fully saturated rings. The van der Waals surface area contributed by atoms with Crippen molar-refractivity contribution in [3.63, 3.8) is 0 Å². The fourth-order valence-electron chi connectivity index (χ4n) is 2.28. The summed E-state index contributed by atoms with van der Waals surface area (Å²) in [4.78, 5) is 16.0. The van der Waals surface area contributed by atoms with Gasteiger partial charge in [-0.05, 0) is 54.1 Å². The predicted octanol–water partition coefficient (Wildman–Crippen LogP) is 3.81. The molecule has 2 aromatic carbocycles. The van der Waals surface area contributed by atoms with E-state index in [4.69, 9.17) is 9.47 Å². The lowest BCUT2D eigenvalue weighted by Crippen LogP contribution is -2.22. The summed E-state index contributed by atoms with van der Waals surface area (Å²) in [5, 5.41) is 2.87. The van der Waals surface area contributed by atoms with Gasteiger partial charge < -0.3 is 14.8 Å². The zero-order chi connectivity index (χ0) is 17.5. The van der Waals surface area contributed by atoms with E-state index < -0.39 is 0 Å². The summed E-state index contributed by atoms with van der Waals surface area (Å²) < 4.78 is 11.0. The van der Waals surface area contributed by atoms with Gasteiger partial charge in [0.05, 0.1) is 12.7 Å². The first-order valence-corrected chi connectivity index (χ1v) is 7.84. The van der Waals surface area contributed by atoms with Gasteiger partial charge in [0.25, 0.3) is 5.91 Å². The third kappa shape index (κ3) is 4.57. The molecular formula is C20H18N2O3. The van der Waals surface area contributed by atoms with Crippen molar-refractivity contribution < 1.29 is 14.3 Å². The van der Waals surface area contributed by atoms with Gasteiger partial charge in [0, 0.05) is 18.9 Å². The van der Waals surface area contributed by atoms with Crippen molar-refractivity contribution in [2.75, 3.05) is 7.11 Å². The van der Waals surface area contributed by atoms with E-state index in [1.54, 1.807) is 31.6 Å². The Morgan fingerprint density at radius 3 is 2.52 bits per heavy atom. The zero-order valence-corrected chi connectivity index (χ0v) is 13.8. The van der Waals surface area contributed by atoms with Crippen LogP contribution in [0.25, 0.3) is 0 Å². The number of nitrogens with zero attached hydrogens (tertiary/aromatic N) is 1. The highest BCUT2D eigenvalue weighted by atomic mass is 16.5. The van der Waals surface area contributed by atoms with Gasteiger partial charge in [-0.3, -0.25) is 9.78 Å². The molecule has 3 aromatic rings. The lowest BCUT2D eigenvalue weighted by molar-refractivity contribution is 0.0950. The second kappa shape index (κ2) is 7.97. The van der Waals surface area contributed by atoms with Crippen LogP contribution in [0, 0.1) is 0 Å². The van der Waals surface area contributed by atoms with E-state index in [9.17, 15) is 4.79 Å². The first-order chi connectivity index (χ1) is 12.2.